The van der Waals surface area contributed by atoms with Crippen LogP contribution in [0.2, 0.25) is 4.34 Å². The fraction of sp³-hybridized carbons (Fsp3) is 0.143. The quantitative estimate of drug-likeness (QED) is 0.726. The van der Waals surface area contributed by atoms with Gasteiger partial charge < -0.3 is 0 Å². The first kappa shape index (κ1) is 17.1. The molecule has 0 aliphatic rings. The van der Waals surface area contributed by atoms with E-state index < -0.39 is 26.6 Å². The standard InChI is InChI=1S/C14H12ClF2NO2S2/c1-2-7-18(9-11-4-6-14(15)21-11)22(19,20)13-5-3-10(16)8-12(13)17/h2-6,8H,1,7,9H2. The molecular weight excluding hydrogens is 352 g/mol. The summed E-state index contributed by atoms with van der Waals surface area (Å²) in [5.74, 6) is -1.96. The molecule has 3 nitrogen and oxygen atoms in total. The third kappa shape index (κ3) is 3.73. The summed E-state index contributed by atoms with van der Waals surface area (Å²) in [6.07, 6.45) is 1.40. The zero-order valence-corrected chi connectivity index (χ0v) is 13.7. The van der Waals surface area contributed by atoms with E-state index in [1.54, 1.807) is 12.1 Å². The molecule has 0 amide bonds. The van der Waals surface area contributed by atoms with Crippen molar-refractivity contribution in [3.8, 4) is 0 Å². The number of sulfonamides is 1. The van der Waals surface area contributed by atoms with Crippen LogP contribution < -0.4 is 0 Å². The normalized spacial score (nSPS) is 11.8. The van der Waals surface area contributed by atoms with Crippen molar-refractivity contribution in [2.45, 2.75) is 11.4 Å². The smallest absolute Gasteiger partial charge is 0.207 e. The van der Waals surface area contributed by atoms with Crippen LogP contribution in [0.4, 0.5) is 8.78 Å². The third-order valence-electron chi connectivity index (χ3n) is 2.81. The first-order valence-corrected chi connectivity index (χ1v) is 8.78. The fourth-order valence-electron chi connectivity index (χ4n) is 1.83. The van der Waals surface area contributed by atoms with Crippen LogP contribution in [-0.4, -0.2) is 19.3 Å². The van der Waals surface area contributed by atoms with Crippen LogP contribution in [0.5, 0.6) is 0 Å². The van der Waals surface area contributed by atoms with E-state index >= 15 is 0 Å². The van der Waals surface area contributed by atoms with Crippen LogP contribution in [-0.2, 0) is 16.6 Å². The fourth-order valence-corrected chi connectivity index (χ4v) is 4.44. The lowest BCUT2D eigenvalue weighted by Crippen LogP contribution is -2.31. The zero-order chi connectivity index (χ0) is 16.3. The lowest BCUT2D eigenvalue weighted by Gasteiger charge is -2.20. The molecule has 1 heterocycles. The maximum absolute atomic E-state index is 13.8. The van der Waals surface area contributed by atoms with Gasteiger partial charge in [0.25, 0.3) is 0 Å². The van der Waals surface area contributed by atoms with E-state index in [0.29, 0.717) is 15.3 Å². The number of benzene rings is 1. The SMILES string of the molecule is C=CCN(Cc1ccc(Cl)s1)S(=O)(=O)c1ccc(F)cc1F. The van der Waals surface area contributed by atoms with Crippen LogP contribution in [0.1, 0.15) is 4.88 Å². The Labute approximate surface area is 136 Å². The predicted octanol–water partition coefficient (Wildman–Crippen LogP) is 4.06. The highest BCUT2D eigenvalue weighted by atomic mass is 35.5. The Morgan fingerprint density at radius 1 is 1.27 bits per heavy atom. The summed E-state index contributed by atoms with van der Waals surface area (Å²) < 4.78 is 53.4. The molecule has 8 heteroatoms. The van der Waals surface area contributed by atoms with Crippen molar-refractivity contribution in [2.75, 3.05) is 6.54 Å². The highest BCUT2D eigenvalue weighted by Gasteiger charge is 2.27. The van der Waals surface area contributed by atoms with Crippen molar-refractivity contribution < 1.29 is 17.2 Å². The number of hydrogen-bond donors (Lipinski definition) is 0. The van der Waals surface area contributed by atoms with Gasteiger partial charge in [-0.2, -0.15) is 4.31 Å². The van der Waals surface area contributed by atoms with Gasteiger partial charge in [-0.15, -0.1) is 17.9 Å². The summed E-state index contributed by atoms with van der Waals surface area (Å²) in [5.41, 5.74) is 0. The number of thiophene rings is 1. The van der Waals surface area contributed by atoms with Gasteiger partial charge in [0.15, 0.2) is 0 Å². The van der Waals surface area contributed by atoms with Crippen LogP contribution in [0.3, 0.4) is 0 Å². The second-order valence-electron chi connectivity index (χ2n) is 4.37. The van der Waals surface area contributed by atoms with Gasteiger partial charge in [0.2, 0.25) is 10.0 Å². The summed E-state index contributed by atoms with van der Waals surface area (Å²) in [5, 5.41) is 0. The van der Waals surface area contributed by atoms with Crippen LogP contribution >= 0.6 is 22.9 Å². The Hall–Kier alpha value is -1.28. The monoisotopic (exact) mass is 363 g/mol. The molecule has 2 aromatic rings. The molecule has 0 spiro atoms. The van der Waals surface area contributed by atoms with Gasteiger partial charge in [0, 0.05) is 24.0 Å². The number of nitrogens with zero attached hydrogens (tertiary/aromatic N) is 1. The zero-order valence-electron chi connectivity index (χ0n) is 11.3. The van der Waals surface area contributed by atoms with Crippen molar-refractivity contribution in [3.63, 3.8) is 0 Å². The van der Waals surface area contributed by atoms with Crippen LogP contribution in [0, 0.1) is 11.6 Å². The minimum atomic E-state index is -4.12. The molecular formula is C14H12ClF2NO2S2. The van der Waals surface area contributed by atoms with E-state index in [4.69, 9.17) is 11.6 Å². The van der Waals surface area contributed by atoms with Gasteiger partial charge in [-0.3, -0.25) is 0 Å². The van der Waals surface area contributed by atoms with E-state index in [0.717, 1.165) is 16.4 Å². The maximum Gasteiger partial charge on any atom is 0.246 e. The van der Waals surface area contributed by atoms with Crippen molar-refractivity contribution in [1.29, 1.82) is 0 Å². The summed E-state index contributed by atoms with van der Waals surface area (Å²) >= 11 is 7.05. The Kier molecular flexibility index (Phi) is 5.33. The maximum atomic E-state index is 13.8. The summed E-state index contributed by atoms with van der Waals surface area (Å²) in [6.45, 7) is 3.53. The Balaban J connectivity index is 2.39. The molecule has 0 saturated carbocycles. The summed E-state index contributed by atoms with van der Waals surface area (Å²) in [7, 11) is -4.12. The second-order valence-corrected chi connectivity index (χ2v) is 8.07. The van der Waals surface area contributed by atoms with E-state index in [1.165, 1.54) is 17.4 Å². The van der Waals surface area contributed by atoms with Crippen molar-refractivity contribution in [2.24, 2.45) is 0 Å². The molecule has 0 fully saturated rings. The van der Waals surface area contributed by atoms with Gasteiger partial charge in [0.1, 0.15) is 16.5 Å². The Bertz CT molecular complexity index is 790. The van der Waals surface area contributed by atoms with Crippen molar-refractivity contribution >= 4 is 33.0 Å². The van der Waals surface area contributed by atoms with Gasteiger partial charge in [0.05, 0.1) is 4.34 Å². The molecule has 1 aromatic carbocycles. The minimum Gasteiger partial charge on any atom is -0.207 e. The molecule has 2 rings (SSSR count). The molecule has 0 N–H and O–H groups in total. The third-order valence-corrected chi connectivity index (χ3v) is 5.87. The van der Waals surface area contributed by atoms with Gasteiger partial charge in [-0.05, 0) is 24.3 Å². The van der Waals surface area contributed by atoms with Crippen LogP contribution in [0.15, 0.2) is 47.9 Å². The van der Waals surface area contributed by atoms with Gasteiger partial charge in [-0.25, -0.2) is 17.2 Å². The first-order chi connectivity index (χ1) is 10.3. The van der Waals surface area contributed by atoms with E-state index in [1.807, 2.05) is 0 Å². The molecule has 0 unspecified atom stereocenters. The Morgan fingerprint density at radius 2 is 2.00 bits per heavy atom. The van der Waals surface area contributed by atoms with Gasteiger partial charge in [-0.1, -0.05) is 17.7 Å². The molecule has 0 aliphatic carbocycles. The lowest BCUT2D eigenvalue weighted by atomic mass is 10.3. The molecule has 1 aromatic heterocycles. The molecule has 0 atom stereocenters. The largest absolute Gasteiger partial charge is 0.246 e. The topological polar surface area (TPSA) is 37.4 Å². The van der Waals surface area contributed by atoms with E-state index in [2.05, 4.69) is 6.58 Å². The predicted molar refractivity (Wildman–Crippen MR) is 83.5 cm³/mol. The lowest BCUT2D eigenvalue weighted by molar-refractivity contribution is 0.435. The van der Waals surface area contributed by atoms with Crippen molar-refractivity contribution in [3.05, 3.63) is 63.8 Å². The van der Waals surface area contributed by atoms with E-state index in [9.17, 15) is 17.2 Å². The number of hydrogen-bond acceptors (Lipinski definition) is 3. The van der Waals surface area contributed by atoms with E-state index in [-0.39, 0.29) is 13.1 Å². The molecule has 0 radical (unpaired) electrons. The second kappa shape index (κ2) is 6.87. The number of halogens is 3. The summed E-state index contributed by atoms with van der Waals surface area (Å²) in [4.78, 5) is 0.136. The van der Waals surface area contributed by atoms with Crippen LogP contribution in [0.25, 0.3) is 0 Å². The van der Waals surface area contributed by atoms with Crippen molar-refractivity contribution in [1.82, 2.24) is 4.31 Å². The Morgan fingerprint density at radius 3 is 2.55 bits per heavy atom. The molecule has 22 heavy (non-hydrogen) atoms. The highest BCUT2D eigenvalue weighted by molar-refractivity contribution is 7.89. The molecule has 118 valence electrons. The number of rotatable bonds is 6. The molecule has 0 bridgehead atoms. The average Bonchev–Trinajstić information content (AvgIpc) is 2.83. The highest BCUT2D eigenvalue weighted by Crippen LogP contribution is 2.26. The first-order valence-electron chi connectivity index (χ1n) is 6.15. The average molecular weight is 364 g/mol. The summed E-state index contributed by atoms with van der Waals surface area (Å²) in [6, 6.07) is 5.71. The molecule has 0 aliphatic heterocycles. The minimum absolute atomic E-state index is 0.00529. The molecule has 0 saturated heterocycles. The van der Waals surface area contributed by atoms with Gasteiger partial charge >= 0.3 is 0 Å².